The first kappa shape index (κ1) is 16.9. The molecule has 3 N–H and O–H groups in total. The van der Waals surface area contributed by atoms with E-state index in [1.807, 2.05) is 31.2 Å². The molecule has 0 saturated heterocycles. The minimum atomic E-state index is 0.607. The van der Waals surface area contributed by atoms with Gasteiger partial charge in [0, 0.05) is 14.6 Å². The van der Waals surface area contributed by atoms with Crippen molar-refractivity contribution in [3.8, 4) is 5.75 Å². The lowest BCUT2D eigenvalue weighted by molar-refractivity contribution is 0.312. The van der Waals surface area contributed by atoms with Crippen molar-refractivity contribution in [2.45, 2.75) is 13.3 Å². The summed E-state index contributed by atoms with van der Waals surface area (Å²) in [7, 11) is 0. The smallest absolute Gasteiger partial charge is 0.141 e. The number of fused-ring (bicyclic) bond motifs is 1. The van der Waals surface area contributed by atoms with E-state index in [0.717, 1.165) is 43.7 Å². The number of nitrogens with zero attached hydrogens (tertiary/aromatic N) is 2. The second kappa shape index (κ2) is 7.76. The minimum absolute atomic E-state index is 0.607. The fourth-order valence-corrected chi connectivity index (χ4v) is 2.95. The van der Waals surface area contributed by atoms with Gasteiger partial charge in [0.25, 0.3) is 0 Å². The monoisotopic (exact) mass is 434 g/mol. The molecule has 1 aromatic heterocycles. The fraction of sp³-hybridized carbons (Fsp3) is 0.222. The molecule has 0 fully saturated rings. The maximum absolute atomic E-state index is 5.85. The Hall–Kier alpha value is -1.93. The lowest BCUT2D eigenvalue weighted by atomic mass is 10.1. The lowest BCUT2D eigenvalue weighted by Gasteiger charge is -2.13. The molecule has 0 bridgehead atoms. The highest BCUT2D eigenvalue weighted by molar-refractivity contribution is 14.1. The highest BCUT2D eigenvalue weighted by atomic mass is 127. The predicted octanol–water partition coefficient (Wildman–Crippen LogP) is 4.01. The number of hydrogen-bond donors (Lipinski definition) is 2. The van der Waals surface area contributed by atoms with Crippen LogP contribution in [0.15, 0.2) is 42.7 Å². The third-order valence-electron chi connectivity index (χ3n) is 3.63. The van der Waals surface area contributed by atoms with E-state index in [1.54, 1.807) is 6.33 Å². The van der Waals surface area contributed by atoms with Crippen LogP contribution in [0.2, 0.25) is 0 Å². The fourth-order valence-electron chi connectivity index (χ4n) is 2.41. The Kier molecular flexibility index (Phi) is 5.47. The van der Waals surface area contributed by atoms with Crippen LogP contribution in [0, 0.1) is 10.5 Å². The van der Waals surface area contributed by atoms with Gasteiger partial charge in [0.1, 0.15) is 17.9 Å². The molecule has 0 aliphatic heterocycles. The lowest BCUT2D eigenvalue weighted by Crippen LogP contribution is -2.07. The van der Waals surface area contributed by atoms with Gasteiger partial charge in [-0.2, -0.15) is 0 Å². The molecular formula is C18H19IN4O. The summed E-state index contributed by atoms with van der Waals surface area (Å²) in [5, 5.41) is 4.31. The van der Waals surface area contributed by atoms with Crippen LogP contribution < -0.4 is 15.8 Å². The topological polar surface area (TPSA) is 73.1 Å². The Balaban J connectivity index is 1.96. The third-order valence-corrected chi connectivity index (χ3v) is 4.30. The Morgan fingerprint density at radius 1 is 1.21 bits per heavy atom. The Morgan fingerprint density at radius 2 is 2.08 bits per heavy atom. The van der Waals surface area contributed by atoms with Crippen LogP contribution >= 0.6 is 22.6 Å². The number of nitrogens with one attached hydrogen (secondary N) is 1. The minimum Gasteiger partial charge on any atom is -0.493 e. The van der Waals surface area contributed by atoms with Crippen molar-refractivity contribution >= 4 is 45.0 Å². The maximum atomic E-state index is 5.85. The SMILES string of the molecule is Cc1cc2ncnc(Nc3cccc(I)c3)c2cc1OCCCN. The van der Waals surface area contributed by atoms with Crippen LogP contribution in [0.1, 0.15) is 12.0 Å². The number of nitrogens with two attached hydrogens (primary N) is 1. The summed E-state index contributed by atoms with van der Waals surface area (Å²) in [6.45, 7) is 3.25. The first-order valence-electron chi connectivity index (χ1n) is 7.78. The summed E-state index contributed by atoms with van der Waals surface area (Å²) in [4.78, 5) is 8.77. The molecule has 124 valence electrons. The van der Waals surface area contributed by atoms with Gasteiger partial charge in [0.05, 0.1) is 12.1 Å². The van der Waals surface area contributed by atoms with Gasteiger partial charge in [0.2, 0.25) is 0 Å². The zero-order valence-electron chi connectivity index (χ0n) is 13.4. The van der Waals surface area contributed by atoms with Crippen LogP contribution in [-0.4, -0.2) is 23.1 Å². The second-order valence-electron chi connectivity index (χ2n) is 5.48. The number of anilines is 2. The molecule has 1 heterocycles. The molecule has 0 saturated carbocycles. The van der Waals surface area contributed by atoms with Crippen molar-refractivity contribution < 1.29 is 4.74 Å². The van der Waals surface area contributed by atoms with E-state index < -0.39 is 0 Å². The average Bonchev–Trinajstić information content (AvgIpc) is 2.56. The quantitative estimate of drug-likeness (QED) is 0.453. The maximum Gasteiger partial charge on any atom is 0.141 e. The normalized spacial score (nSPS) is 10.8. The second-order valence-corrected chi connectivity index (χ2v) is 6.73. The van der Waals surface area contributed by atoms with E-state index >= 15 is 0 Å². The molecule has 0 spiro atoms. The standard InChI is InChI=1S/C18H19IN4O/c1-12-8-16-15(10-17(12)24-7-3-6-20)18(22-11-21-16)23-14-5-2-4-13(19)9-14/h2,4-5,8-11H,3,6-7,20H2,1H3,(H,21,22,23). The van der Waals surface area contributed by atoms with Crippen LogP contribution in [0.25, 0.3) is 10.9 Å². The van der Waals surface area contributed by atoms with Crippen molar-refractivity contribution in [2.75, 3.05) is 18.5 Å². The van der Waals surface area contributed by atoms with Gasteiger partial charge in [-0.15, -0.1) is 0 Å². The molecular weight excluding hydrogens is 415 g/mol. The van der Waals surface area contributed by atoms with E-state index in [-0.39, 0.29) is 0 Å². The Morgan fingerprint density at radius 3 is 2.88 bits per heavy atom. The largest absolute Gasteiger partial charge is 0.493 e. The summed E-state index contributed by atoms with van der Waals surface area (Å²) >= 11 is 2.29. The van der Waals surface area contributed by atoms with E-state index in [0.29, 0.717) is 13.2 Å². The van der Waals surface area contributed by atoms with E-state index in [9.17, 15) is 0 Å². The van der Waals surface area contributed by atoms with Crippen molar-refractivity contribution in [2.24, 2.45) is 5.73 Å². The molecule has 0 atom stereocenters. The zero-order chi connectivity index (χ0) is 16.9. The van der Waals surface area contributed by atoms with E-state index in [4.69, 9.17) is 10.5 Å². The van der Waals surface area contributed by atoms with Crippen molar-refractivity contribution in [1.29, 1.82) is 0 Å². The number of rotatable bonds is 6. The molecule has 5 nitrogen and oxygen atoms in total. The zero-order valence-corrected chi connectivity index (χ0v) is 15.6. The number of benzene rings is 2. The summed E-state index contributed by atoms with van der Waals surface area (Å²) in [5.41, 5.74) is 8.47. The molecule has 0 unspecified atom stereocenters. The molecule has 3 rings (SSSR count). The number of halogens is 1. The van der Waals surface area contributed by atoms with Crippen molar-refractivity contribution in [3.05, 3.63) is 51.9 Å². The van der Waals surface area contributed by atoms with Gasteiger partial charge in [0.15, 0.2) is 0 Å². The molecule has 0 amide bonds. The number of aryl methyl sites for hydroxylation is 1. The first-order valence-corrected chi connectivity index (χ1v) is 8.86. The Labute approximate surface area is 154 Å². The number of aromatic nitrogens is 2. The number of hydrogen-bond acceptors (Lipinski definition) is 5. The molecule has 3 aromatic rings. The van der Waals surface area contributed by atoms with E-state index in [2.05, 4.69) is 50.0 Å². The van der Waals surface area contributed by atoms with Crippen LogP contribution in [0.4, 0.5) is 11.5 Å². The molecule has 6 heteroatoms. The molecule has 0 radical (unpaired) electrons. The van der Waals surface area contributed by atoms with Gasteiger partial charge in [-0.3, -0.25) is 0 Å². The first-order chi connectivity index (χ1) is 11.7. The predicted molar refractivity (Wildman–Crippen MR) is 106 cm³/mol. The van der Waals surface area contributed by atoms with Crippen LogP contribution in [-0.2, 0) is 0 Å². The number of ether oxygens (including phenoxy) is 1. The van der Waals surface area contributed by atoms with Crippen LogP contribution in [0.5, 0.6) is 5.75 Å². The highest BCUT2D eigenvalue weighted by Crippen LogP contribution is 2.30. The van der Waals surface area contributed by atoms with Crippen molar-refractivity contribution in [3.63, 3.8) is 0 Å². The summed E-state index contributed by atoms with van der Waals surface area (Å²) in [6, 6.07) is 12.2. The summed E-state index contributed by atoms with van der Waals surface area (Å²) in [6.07, 6.45) is 2.41. The summed E-state index contributed by atoms with van der Waals surface area (Å²) in [5.74, 6) is 1.61. The highest BCUT2D eigenvalue weighted by Gasteiger charge is 2.09. The third kappa shape index (κ3) is 3.93. The van der Waals surface area contributed by atoms with Crippen LogP contribution in [0.3, 0.4) is 0 Å². The molecule has 24 heavy (non-hydrogen) atoms. The molecule has 0 aliphatic rings. The summed E-state index contributed by atoms with van der Waals surface area (Å²) < 4.78 is 7.01. The van der Waals surface area contributed by atoms with Crippen molar-refractivity contribution in [1.82, 2.24) is 9.97 Å². The average molecular weight is 434 g/mol. The van der Waals surface area contributed by atoms with Gasteiger partial charge in [-0.1, -0.05) is 6.07 Å². The van der Waals surface area contributed by atoms with Gasteiger partial charge in [-0.05, 0) is 78.4 Å². The van der Waals surface area contributed by atoms with Gasteiger partial charge in [-0.25, -0.2) is 9.97 Å². The molecule has 0 aliphatic carbocycles. The van der Waals surface area contributed by atoms with E-state index in [1.165, 1.54) is 0 Å². The Bertz CT molecular complexity index is 854. The van der Waals surface area contributed by atoms with Gasteiger partial charge < -0.3 is 15.8 Å². The van der Waals surface area contributed by atoms with Gasteiger partial charge >= 0.3 is 0 Å². The molecule has 2 aromatic carbocycles.